The number of hydrogen-bond donors (Lipinski definition) is 3. The van der Waals surface area contributed by atoms with Crippen molar-refractivity contribution >= 4 is 0 Å². The van der Waals surface area contributed by atoms with Crippen molar-refractivity contribution < 1.29 is 15.3 Å². The van der Waals surface area contributed by atoms with E-state index in [-0.39, 0.29) is 17.4 Å². The van der Waals surface area contributed by atoms with E-state index in [9.17, 15) is 15.3 Å². The molecular formula is C26H38O3. The molecular weight excluding hydrogens is 360 g/mol. The van der Waals surface area contributed by atoms with E-state index in [4.69, 9.17) is 0 Å². The van der Waals surface area contributed by atoms with Crippen LogP contribution in [0.25, 0.3) is 0 Å². The SMILES string of the molecule is Cc1ccc([C@@]2(O)CC[C@]3(O)[C@@H]4CC[C@@H]5C[C@@H](O)CC[C@]5(C)[C@H]4CC[C@]23C)cc1. The fourth-order valence-corrected chi connectivity index (χ4v) is 8.51. The third-order valence-electron chi connectivity index (χ3n) is 10.5. The third-order valence-corrected chi connectivity index (χ3v) is 10.5. The van der Waals surface area contributed by atoms with E-state index in [1.165, 1.54) is 5.56 Å². The number of fused-ring (bicyclic) bond motifs is 5. The number of benzene rings is 1. The highest BCUT2D eigenvalue weighted by molar-refractivity contribution is 5.34. The largest absolute Gasteiger partial charge is 0.393 e. The Labute approximate surface area is 175 Å². The molecule has 4 aliphatic carbocycles. The molecule has 3 heteroatoms. The van der Waals surface area contributed by atoms with Gasteiger partial charge in [-0.05, 0) is 93.4 Å². The van der Waals surface area contributed by atoms with Crippen molar-refractivity contribution in [1.29, 1.82) is 0 Å². The summed E-state index contributed by atoms with van der Waals surface area (Å²) in [5.41, 5.74) is 0.129. The van der Waals surface area contributed by atoms with E-state index in [0.717, 1.165) is 50.5 Å². The first-order valence-corrected chi connectivity index (χ1v) is 11.8. The molecule has 4 saturated carbocycles. The van der Waals surface area contributed by atoms with Crippen molar-refractivity contribution in [3.63, 3.8) is 0 Å². The summed E-state index contributed by atoms with van der Waals surface area (Å²) in [5.74, 6) is 1.35. The fraction of sp³-hybridized carbons (Fsp3) is 0.769. The predicted molar refractivity (Wildman–Crippen MR) is 114 cm³/mol. The number of rotatable bonds is 1. The van der Waals surface area contributed by atoms with Gasteiger partial charge in [0, 0.05) is 5.41 Å². The zero-order valence-electron chi connectivity index (χ0n) is 18.3. The van der Waals surface area contributed by atoms with E-state index in [1.807, 2.05) is 0 Å². The van der Waals surface area contributed by atoms with Crippen molar-refractivity contribution in [3.05, 3.63) is 35.4 Å². The molecule has 0 radical (unpaired) electrons. The maximum atomic E-state index is 12.3. The van der Waals surface area contributed by atoms with Gasteiger partial charge in [0.2, 0.25) is 0 Å². The lowest BCUT2D eigenvalue weighted by molar-refractivity contribution is -0.238. The maximum absolute atomic E-state index is 12.3. The highest BCUT2D eigenvalue weighted by Crippen LogP contribution is 2.71. The van der Waals surface area contributed by atoms with Gasteiger partial charge in [-0.25, -0.2) is 0 Å². The van der Waals surface area contributed by atoms with Crippen LogP contribution in [0.4, 0.5) is 0 Å². The van der Waals surface area contributed by atoms with Gasteiger partial charge in [0.05, 0.1) is 17.3 Å². The zero-order chi connectivity index (χ0) is 20.7. The first-order chi connectivity index (χ1) is 13.6. The molecule has 1 aromatic rings. The minimum Gasteiger partial charge on any atom is -0.393 e. The number of hydrogen-bond acceptors (Lipinski definition) is 3. The number of aliphatic hydroxyl groups excluding tert-OH is 1. The molecule has 160 valence electrons. The van der Waals surface area contributed by atoms with Crippen LogP contribution in [0.3, 0.4) is 0 Å². The van der Waals surface area contributed by atoms with Crippen LogP contribution in [-0.4, -0.2) is 27.0 Å². The Morgan fingerprint density at radius 2 is 1.55 bits per heavy atom. The Morgan fingerprint density at radius 1 is 0.828 bits per heavy atom. The number of aliphatic hydroxyl groups is 3. The molecule has 29 heavy (non-hydrogen) atoms. The van der Waals surface area contributed by atoms with Crippen molar-refractivity contribution in [2.45, 2.75) is 95.9 Å². The lowest BCUT2D eigenvalue weighted by Gasteiger charge is -2.64. The molecule has 0 saturated heterocycles. The molecule has 3 N–H and O–H groups in total. The molecule has 0 unspecified atom stereocenters. The summed E-state index contributed by atoms with van der Waals surface area (Å²) in [5, 5.41) is 34.5. The molecule has 0 aliphatic heterocycles. The zero-order valence-corrected chi connectivity index (χ0v) is 18.3. The van der Waals surface area contributed by atoms with Crippen molar-refractivity contribution in [3.8, 4) is 0 Å². The topological polar surface area (TPSA) is 60.7 Å². The Morgan fingerprint density at radius 3 is 2.28 bits per heavy atom. The second-order valence-electron chi connectivity index (χ2n) is 11.4. The summed E-state index contributed by atoms with van der Waals surface area (Å²) in [6.45, 7) is 6.68. The first kappa shape index (κ1) is 20.0. The van der Waals surface area contributed by atoms with Gasteiger partial charge < -0.3 is 15.3 Å². The van der Waals surface area contributed by atoms with Crippen molar-refractivity contribution in [2.75, 3.05) is 0 Å². The van der Waals surface area contributed by atoms with E-state index in [1.54, 1.807) is 0 Å². The first-order valence-electron chi connectivity index (χ1n) is 11.8. The van der Waals surface area contributed by atoms with Crippen LogP contribution >= 0.6 is 0 Å². The van der Waals surface area contributed by atoms with Crippen LogP contribution in [0, 0.1) is 35.5 Å². The second kappa shape index (κ2) is 6.31. The second-order valence-corrected chi connectivity index (χ2v) is 11.4. The molecule has 5 rings (SSSR count). The minimum atomic E-state index is -0.957. The third kappa shape index (κ3) is 2.47. The van der Waals surface area contributed by atoms with Gasteiger partial charge in [-0.15, -0.1) is 0 Å². The summed E-state index contributed by atoms with van der Waals surface area (Å²) >= 11 is 0. The summed E-state index contributed by atoms with van der Waals surface area (Å²) in [6, 6.07) is 8.30. The normalized spacial score (nSPS) is 51.8. The van der Waals surface area contributed by atoms with E-state index < -0.39 is 16.6 Å². The Kier molecular flexibility index (Phi) is 4.36. The molecule has 4 aliphatic rings. The summed E-state index contributed by atoms with van der Waals surface area (Å²) < 4.78 is 0. The minimum absolute atomic E-state index is 0.139. The molecule has 0 amide bonds. The van der Waals surface area contributed by atoms with Gasteiger partial charge in [0.25, 0.3) is 0 Å². The molecule has 0 aromatic heterocycles. The van der Waals surface area contributed by atoms with Crippen LogP contribution in [0.15, 0.2) is 24.3 Å². The lowest BCUT2D eigenvalue weighted by atomic mass is 9.43. The van der Waals surface area contributed by atoms with Gasteiger partial charge in [-0.2, -0.15) is 0 Å². The molecule has 0 heterocycles. The lowest BCUT2D eigenvalue weighted by Crippen LogP contribution is -2.64. The molecule has 1 aromatic carbocycles. The van der Waals surface area contributed by atoms with E-state index >= 15 is 0 Å². The van der Waals surface area contributed by atoms with Crippen LogP contribution in [-0.2, 0) is 5.60 Å². The fourth-order valence-electron chi connectivity index (χ4n) is 8.51. The molecule has 0 bridgehead atoms. The monoisotopic (exact) mass is 398 g/mol. The van der Waals surface area contributed by atoms with Crippen LogP contribution in [0.1, 0.15) is 82.8 Å². The molecule has 8 atom stereocenters. The van der Waals surface area contributed by atoms with Gasteiger partial charge in [0.1, 0.15) is 0 Å². The van der Waals surface area contributed by atoms with Crippen molar-refractivity contribution in [2.24, 2.45) is 28.6 Å². The molecule has 3 nitrogen and oxygen atoms in total. The van der Waals surface area contributed by atoms with Gasteiger partial charge in [-0.1, -0.05) is 43.7 Å². The number of aryl methyl sites for hydroxylation is 1. The Hall–Kier alpha value is -0.900. The van der Waals surface area contributed by atoms with Gasteiger partial charge in [0.15, 0.2) is 0 Å². The van der Waals surface area contributed by atoms with Crippen molar-refractivity contribution in [1.82, 2.24) is 0 Å². The van der Waals surface area contributed by atoms with E-state index in [2.05, 4.69) is 45.0 Å². The summed E-state index contributed by atoms with van der Waals surface area (Å²) in [7, 11) is 0. The highest BCUT2D eigenvalue weighted by atomic mass is 16.3. The van der Waals surface area contributed by atoms with E-state index in [0.29, 0.717) is 24.7 Å². The van der Waals surface area contributed by atoms with Crippen LogP contribution < -0.4 is 0 Å². The Balaban J connectivity index is 1.52. The average Bonchev–Trinajstić information content (AvgIpc) is 2.91. The van der Waals surface area contributed by atoms with Gasteiger partial charge >= 0.3 is 0 Å². The average molecular weight is 399 g/mol. The van der Waals surface area contributed by atoms with Crippen LogP contribution in [0.2, 0.25) is 0 Å². The van der Waals surface area contributed by atoms with Gasteiger partial charge in [-0.3, -0.25) is 0 Å². The van der Waals surface area contributed by atoms with Crippen LogP contribution in [0.5, 0.6) is 0 Å². The molecule has 0 spiro atoms. The summed E-state index contributed by atoms with van der Waals surface area (Å²) in [6.07, 6.45) is 8.21. The Bertz CT molecular complexity index is 790. The predicted octanol–water partition coefficient (Wildman–Crippen LogP) is 4.70. The standard InChI is InChI=1S/C26H38O3/c1-17-4-6-18(7-5-17)25(28)14-15-26(29)22-9-8-19-16-20(27)10-12-23(19,2)21(22)11-13-24(25,26)3/h4-7,19-22,27-29H,8-16H2,1-3H3/t19-,20+,21+,22-,23+,24-,25+,26+/m1/s1. The summed E-state index contributed by atoms with van der Waals surface area (Å²) in [4.78, 5) is 0. The smallest absolute Gasteiger partial charge is 0.0978 e. The highest BCUT2D eigenvalue weighted by Gasteiger charge is 2.71. The molecule has 4 fully saturated rings. The quantitative estimate of drug-likeness (QED) is 0.642. The maximum Gasteiger partial charge on any atom is 0.0978 e.